The predicted molar refractivity (Wildman–Crippen MR) is 124 cm³/mol. The number of anilines is 2. The van der Waals surface area contributed by atoms with Crippen LogP contribution in [-0.4, -0.2) is 33.2 Å². The van der Waals surface area contributed by atoms with Gasteiger partial charge in [-0.1, -0.05) is 51.1 Å². The first-order valence-electron chi connectivity index (χ1n) is 9.94. The predicted octanol–water partition coefficient (Wildman–Crippen LogP) is 3.97. The molecule has 0 aromatic heterocycles. The van der Waals surface area contributed by atoms with Crippen molar-refractivity contribution in [1.29, 1.82) is 0 Å². The van der Waals surface area contributed by atoms with E-state index in [-0.39, 0.29) is 17.7 Å². The minimum absolute atomic E-state index is 0.125. The number of carbonyl (C=O) groups excluding carboxylic acids is 2. The molecule has 31 heavy (non-hydrogen) atoms. The van der Waals surface area contributed by atoms with Gasteiger partial charge in [-0.3, -0.25) is 19.7 Å². The van der Waals surface area contributed by atoms with Gasteiger partial charge in [0.05, 0.1) is 6.26 Å². The van der Waals surface area contributed by atoms with Crippen molar-refractivity contribution < 1.29 is 18.0 Å². The van der Waals surface area contributed by atoms with Crippen molar-refractivity contribution in [2.24, 2.45) is 0 Å². The third-order valence-electron chi connectivity index (χ3n) is 4.85. The summed E-state index contributed by atoms with van der Waals surface area (Å²) in [6.45, 7) is 6.66. The molecule has 0 radical (unpaired) electrons. The van der Waals surface area contributed by atoms with Crippen molar-refractivity contribution in [2.45, 2.75) is 32.6 Å². The van der Waals surface area contributed by atoms with Crippen LogP contribution in [0.15, 0.2) is 42.5 Å². The van der Waals surface area contributed by atoms with Crippen LogP contribution < -0.4 is 14.9 Å². The highest BCUT2D eigenvalue weighted by atomic mass is 32.2. The van der Waals surface area contributed by atoms with Crippen LogP contribution in [0, 0.1) is 0 Å². The van der Waals surface area contributed by atoms with Crippen molar-refractivity contribution in [3.8, 4) is 0 Å². The van der Waals surface area contributed by atoms with Gasteiger partial charge in [-0.05, 0) is 46.4 Å². The minimum Gasteiger partial charge on any atom is -0.294 e. The number of sulfonamides is 1. The van der Waals surface area contributed by atoms with E-state index >= 15 is 0 Å². The SMILES string of the molecule is CC(C)(C)c1cc(/C=C/c2ccc(NS(C)(=O)=O)cc2)cc(N2CCC(=O)NC2=O)c1. The lowest BCUT2D eigenvalue weighted by Gasteiger charge is -2.29. The highest BCUT2D eigenvalue weighted by molar-refractivity contribution is 7.92. The summed E-state index contributed by atoms with van der Waals surface area (Å²) in [4.78, 5) is 25.4. The highest BCUT2D eigenvalue weighted by Gasteiger charge is 2.25. The number of hydrogen-bond donors (Lipinski definition) is 2. The molecule has 0 bridgehead atoms. The third-order valence-corrected chi connectivity index (χ3v) is 5.46. The number of nitrogens with one attached hydrogen (secondary N) is 2. The normalized spacial score (nSPS) is 15.3. The van der Waals surface area contributed by atoms with E-state index in [1.165, 1.54) is 0 Å². The summed E-state index contributed by atoms with van der Waals surface area (Å²) in [6.07, 6.45) is 5.25. The molecule has 1 aliphatic heterocycles. The summed E-state index contributed by atoms with van der Waals surface area (Å²) in [5.41, 5.74) is 4.02. The van der Waals surface area contributed by atoms with Crippen molar-refractivity contribution in [3.63, 3.8) is 0 Å². The molecule has 1 heterocycles. The van der Waals surface area contributed by atoms with E-state index in [0.29, 0.717) is 12.2 Å². The van der Waals surface area contributed by atoms with Crippen LogP contribution in [0.25, 0.3) is 12.2 Å². The molecule has 7 nitrogen and oxygen atoms in total. The maximum absolute atomic E-state index is 12.3. The summed E-state index contributed by atoms with van der Waals surface area (Å²) in [5, 5.41) is 2.37. The first kappa shape index (κ1) is 22.6. The molecule has 0 unspecified atom stereocenters. The smallest absolute Gasteiger partial charge is 0.294 e. The maximum Gasteiger partial charge on any atom is 0.328 e. The van der Waals surface area contributed by atoms with Crippen molar-refractivity contribution in [2.75, 3.05) is 22.4 Å². The van der Waals surface area contributed by atoms with Crippen LogP contribution in [0.2, 0.25) is 0 Å². The Morgan fingerprint density at radius 1 is 1.00 bits per heavy atom. The Balaban J connectivity index is 1.89. The van der Waals surface area contributed by atoms with E-state index in [9.17, 15) is 18.0 Å². The molecular weight excluding hydrogens is 414 g/mol. The van der Waals surface area contributed by atoms with E-state index in [0.717, 1.165) is 28.6 Å². The minimum atomic E-state index is -3.31. The number of rotatable bonds is 5. The number of urea groups is 1. The Kier molecular flexibility index (Phi) is 6.22. The second-order valence-electron chi connectivity index (χ2n) is 8.65. The molecule has 164 valence electrons. The van der Waals surface area contributed by atoms with Gasteiger partial charge < -0.3 is 0 Å². The molecule has 1 aliphatic rings. The van der Waals surface area contributed by atoms with Gasteiger partial charge in [0, 0.05) is 24.3 Å². The molecule has 2 aromatic carbocycles. The van der Waals surface area contributed by atoms with Gasteiger partial charge in [-0.25, -0.2) is 13.2 Å². The molecule has 3 rings (SSSR count). The average molecular weight is 442 g/mol. The molecular formula is C23H27N3O4S. The van der Waals surface area contributed by atoms with Crippen LogP contribution in [0.4, 0.5) is 16.2 Å². The van der Waals surface area contributed by atoms with E-state index in [1.807, 2.05) is 36.4 Å². The van der Waals surface area contributed by atoms with Gasteiger partial charge in [-0.15, -0.1) is 0 Å². The number of benzene rings is 2. The monoisotopic (exact) mass is 441 g/mol. The van der Waals surface area contributed by atoms with Crippen molar-refractivity contribution >= 4 is 45.5 Å². The zero-order valence-corrected chi connectivity index (χ0v) is 18.9. The van der Waals surface area contributed by atoms with Crippen molar-refractivity contribution in [3.05, 3.63) is 59.2 Å². The molecule has 1 saturated heterocycles. The van der Waals surface area contributed by atoms with Crippen LogP contribution in [-0.2, 0) is 20.2 Å². The molecule has 0 spiro atoms. The zero-order valence-electron chi connectivity index (χ0n) is 18.1. The lowest BCUT2D eigenvalue weighted by atomic mass is 9.85. The summed E-state index contributed by atoms with van der Waals surface area (Å²) in [6, 6.07) is 12.6. The standard InChI is InChI=1S/C23H27N3O4S/c1-23(2,3)18-13-17(14-20(15-18)26-12-11-21(27)24-22(26)28)6-5-16-7-9-19(10-8-16)25-31(4,29)30/h5-10,13-15,25H,11-12H2,1-4H3,(H,24,27,28)/b6-5+. The van der Waals surface area contributed by atoms with Gasteiger partial charge in [0.1, 0.15) is 0 Å². The van der Waals surface area contributed by atoms with E-state index in [4.69, 9.17) is 0 Å². The van der Waals surface area contributed by atoms with E-state index < -0.39 is 16.1 Å². The second kappa shape index (κ2) is 8.55. The lowest BCUT2D eigenvalue weighted by molar-refractivity contribution is -0.120. The topological polar surface area (TPSA) is 95.6 Å². The fourth-order valence-corrected chi connectivity index (χ4v) is 3.76. The Morgan fingerprint density at radius 2 is 1.65 bits per heavy atom. The first-order valence-corrected chi connectivity index (χ1v) is 11.8. The highest BCUT2D eigenvalue weighted by Crippen LogP contribution is 2.30. The molecule has 1 fully saturated rings. The van der Waals surface area contributed by atoms with Gasteiger partial charge >= 0.3 is 6.03 Å². The van der Waals surface area contributed by atoms with Gasteiger partial charge in [0.25, 0.3) is 0 Å². The summed E-state index contributed by atoms with van der Waals surface area (Å²) in [7, 11) is -3.31. The molecule has 2 aromatic rings. The molecule has 0 atom stereocenters. The Bertz CT molecular complexity index is 1130. The summed E-state index contributed by atoms with van der Waals surface area (Å²) in [5.74, 6) is -0.262. The quantitative estimate of drug-likeness (QED) is 0.686. The molecule has 2 N–H and O–H groups in total. The van der Waals surface area contributed by atoms with E-state index in [2.05, 4.69) is 36.9 Å². The van der Waals surface area contributed by atoms with Gasteiger partial charge in [0.2, 0.25) is 15.9 Å². The van der Waals surface area contributed by atoms with Gasteiger partial charge in [-0.2, -0.15) is 0 Å². The average Bonchev–Trinajstić information content (AvgIpc) is 2.65. The zero-order chi connectivity index (χ0) is 22.8. The van der Waals surface area contributed by atoms with E-state index in [1.54, 1.807) is 17.0 Å². The summed E-state index contributed by atoms with van der Waals surface area (Å²) >= 11 is 0. The number of nitrogens with zero attached hydrogens (tertiary/aromatic N) is 1. The van der Waals surface area contributed by atoms with Crippen LogP contribution >= 0.6 is 0 Å². The second-order valence-corrected chi connectivity index (χ2v) is 10.4. The maximum atomic E-state index is 12.3. The molecule has 0 saturated carbocycles. The molecule has 3 amide bonds. The number of amides is 3. The Hall–Kier alpha value is -3.13. The van der Waals surface area contributed by atoms with Crippen LogP contribution in [0.5, 0.6) is 0 Å². The lowest BCUT2D eigenvalue weighted by Crippen LogP contribution is -2.49. The molecule has 8 heteroatoms. The van der Waals surface area contributed by atoms with Crippen molar-refractivity contribution in [1.82, 2.24) is 5.32 Å². The fraction of sp³-hybridized carbons (Fsp3) is 0.304. The Labute approximate surface area is 183 Å². The van der Waals surface area contributed by atoms with Crippen LogP contribution in [0.3, 0.4) is 0 Å². The first-order chi connectivity index (χ1) is 14.4. The van der Waals surface area contributed by atoms with Crippen LogP contribution in [0.1, 0.15) is 43.9 Å². The molecule has 0 aliphatic carbocycles. The number of imide groups is 1. The fourth-order valence-electron chi connectivity index (χ4n) is 3.20. The summed E-state index contributed by atoms with van der Waals surface area (Å²) < 4.78 is 25.1. The Morgan fingerprint density at radius 3 is 2.23 bits per heavy atom. The third kappa shape index (κ3) is 6.18. The number of hydrogen-bond acceptors (Lipinski definition) is 4. The number of carbonyl (C=O) groups is 2. The largest absolute Gasteiger partial charge is 0.328 e. The van der Waals surface area contributed by atoms with Gasteiger partial charge in [0.15, 0.2) is 0 Å².